The van der Waals surface area contributed by atoms with Gasteiger partial charge in [-0.3, -0.25) is 9.52 Å². The van der Waals surface area contributed by atoms with Gasteiger partial charge in [-0.25, -0.2) is 12.8 Å². The summed E-state index contributed by atoms with van der Waals surface area (Å²) in [6.07, 6.45) is 0. The molecule has 156 valence electrons. The number of amides is 1. The van der Waals surface area contributed by atoms with Gasteiger partial charge in [0, 0.05) is 16.4 Å². The first-order valence-electron chi connectivity index (χ1n) is 8.80. The van der Waals surface area contributed by atoms with Gasteiger partial charge in [0.25, 0.3) is 15.9 Å². The molecule has 0 atom stereocenters. The third kappa shape index (κ3) is 5.71. The van der Waals surface area contributed by atoms with Crippen LogP contribution < -0.4 is 14.8 Å². The van der Waals surface area contributed by atoms with Gasteiger partial charge in [-0.2, -0.15) is 0 Å². The Morgan fingerprint density at radius 1 is 1.03 bits per heavy atom. The van der Waals surface area contributed by atoms with Crippen molar-refractivity contribution in [3.8, 4) is 5.75 Å². The molecule has 0 fully saturated rings. The Hall–Kier alpha value is -3.10. The molecule has 9 heteroatoms. The summed E-state index contributed by atoms with van der Waals surface area (Å²) in [5.41, 5.74) is 1.45. The molecule has 0 aliphatic rings. The highest BCUT2D eigenvalue weighted by Crippen LogP contribution is 2.21. The van der Waals surface area contributed by atoms with Crippen LogP contribution in [0.15, 0.2) is 71.6 Å². The van der Waals surface area contributed by atoms with E-state index in [1.165, 1.54) is 36.4 Å². The maximum Gasteiger partial charge on any atom is 0.262 e. The monoisotopic (exact) mass is 448 g/mol. The molecule has 0 bridgehead atoms. The first kappa shape index (κ1) is 21.6. The van der Waals surface area contributed by atoms with Gasteiger partial charge in [0.2, 0.25) is 0 Å². The molecule has 3 aromatic rings. The number of aryl methyl sites for hydroxylation is 1. The fraction of sp³-hybridized carbons (Fsp3) is 0.0952. The summed E-state index contributed by atoms with van der Waals surface area (Å²) < 4.78 is 46.0. The highest BCUT2D eigenvalue weighted by Gasteiger charge is 2.14. The first-order valence-corrected chi connectivity index (χ1v) is 10.7. The second-order valence-corrected chi connectivity index (χ2v) is 8.50. The number of carbonyl (C=O) groups excluding carboxylic acids is 1. The summed E-state index contributed by atoms with van der Waals surface area (Å²) in [6, 6.07) is 16.0. The van der Waals surface area contributed by atoms with Gasteiger partial charge in [-0.15, -0.1) is 0 Å². The number of hydrogen-bond donors (Lipinski definition) is 2. The van der Waals surface area contributed by atoms with Crippen LogP contribution in [-0.4, -0.2) is 20.9 Å². The Bertz CT molecular complexity index is 1150. The van der Waals surface area contributed by atoms with Crippen LogP contribution in [-0.2, 0) is 14.8 Å². The number of rotatable bonds is 7. The summed E-state index contributed by atoms with van der Waals surface area (Å²) in [5.74, 6) is -0.614. The van der Waals surface area contributed by atoms with Crippen molar-refractivity contribution in [1.29, 1.82) is 0 Å². The Morgan fingerprint density at radius 3 is 2.37 bits per heavy atom. The van der Waals surface area contributed by atoms with Gasteiger partial charge >= 0.3 is 0 Å². The molecule has 0 saturated carbocycles. The van der Waals surface area contributed by atoms with Crippen LogP contribution in [0, 0.1) is 12.7 Å². The quantitative estimate of drug-likeness (QED) is 0.553. The lowest BCUT2D eigenvalue weighted by atomic mass is 10.2. The van der Waals surface area contributed by atoms with E-state index in [2.05, 4.69) is 10.0 Å². The van der Waals surface area contributed by atoms with Crippen molar-refractivity contribution in [2.24, 2.45) is 0 Å². The minimum Gasteiger partial charge on any atom is -0.484 e. The number of carbonyl (C=O) groups is 1. The number of benzene rings is 3. The molecular weight excluding hydrogens is 431 g/mol. The van der Waals surface area contributed by atoms with Crippen molar-refractivity contribution in [3.63, 3.8) is 0 Å². The summed E-state index contributed by atoms with van der Waals surface area (Å²) >= 11 is 5.79. The number of nitrogens with one attached hydrogen (secondary N) is 2. The summed E-state index contributed by atoms with van der Waals surface area (Å²) in [7, 11) is -3.79. The van der Waals surface area contributed by atoms with Crippen LogP contribution >= 0.6 is 11.6 Å². The lowest BCUT2D eigenvalue weighted by Gasteiger charge is -2.11. The molecule has 30 heavy (non-hydrogen) atoms. The van der Waals surface area contributed by atoms with Crippen LogP contribution in [0.1, 0.15) is 5.56 Å². The lowest BCUT2D eigenvalue weighted by Crippen LogP contribution is -2.20. The van der Waals surface area contributed by atoms with Gasteiger partial charge in [0.15, 0.2) is 6.61 Å². The van der Waals surface area contributed by atoms with Crippen molar-refractivity contribution in [1.82, 2.24) is 0 Å². The standard InChI is InChI=1S/C21H18ClFN2O4S/c1-14-2-5-16(23)12-20(14)24-21(26)13-29-18-8-10-19(11-9-18)30(27,28)25-17-6-3-15(22)4-7-17/h2-12,25H,13H2,1H3,(H,24,26). The molecule has 2 N–H and O–H groups in total. The Balaban J connectivity index is 1.59. The normalized spacial score (nSPS) is 11.0. The van der Waals surface area contributed by atoms with Crippen LogP contribution in [0.4, 0.5) is 15.8 Å². The first-order chi connectivity index (χ1) is 14.2. The number of hydrogen-bond acceptors (Lipinski definition) is 4. The molecule has 6 nitrogen and oxygen atoms in total. The van der Waals surface area contributed by atoms with Crippen LogP contribution in [0.25, 0.3) is 0 Å². The van der Waals surface area contributed by atoms with E-state index >= 15 is 0 Å². The highest BCUT2D eigenvalue weighted by atomic mass is 35.5. The molecule has 1 amide bonds. The fourth-order valence-corrected chi connectivity index (χ4v) is 3.70. The smallest absolute Gasteiger partial charge is 0.262 e. The summed E-state index contributed by atoms with van der Waals surface area (Å²) in [4.78, 5) is 12.1. The lowest BCUT2D eigenvalue weighted by molar-refractivity contribution is -0.118. The molecule has 0 spiro atoms. The second-order valence-electron chi connectivity index (χ2n) is 6.38. The molecular formula is C21H18ClFN2O4S. The van der Waals surface area contributed by atoms with Crippen LogP contribution in [0.2, 0.25) is 5.02 Å². The van der Waals surface area contributed by atoms with E-state index in [0.29, 0.717) is 27.7 Å². The molecule has 0 radical (unpaired) electrons. The predicted molar refractivity (Wildman–Crippen MR) is 114 cm³/mol. The van der Waals surface area contributed by atoms with Crippen molar-refractivity contribution < 1.29 is 22.3 Å². The number of halogens is 2. The maximum atomic E-state index is 13.3. The zero-order chi connectivity index (χ0) is 21.7. The van der Waals surface area contributed by atoms with Gasteiger partial charge in [0.1, 0.15) is 11.6 Å². The Morgan fingerprint density at radius 2 is 1.70 bits per heavy atom. The van der Waals surface area contributed by atoms with Crippen molar-refractivity contribution in [2.45, 2.75) is 11.8 Å². The van der Waals surface area contributed by atoms with E-state index in [1.54, 1.807) is 37.3 Å². The van der Waals surface area contributed by atoms with Gasteiger partial charge < -0.3 is 10.1 Å². The van der Waals surface area contributed by atoms with E-state index in [1.807, 2.05) is 0 Å². The highest BCUT2D eigenvalue weighted by molar-refractivity contribution is 7.92. The second kappa shape index (κ2) is 9.15. The fourth-order valence-electron chi connectivity index (χ4n) is 2.51. The third-order valence-electron chi connectivity index (χ3n) is 4.07. The molecule has 0 aliphatic carbocycles. The SMILES string of the molecule is Cc1ccc(F)cc1NC(=O)COc1ccc(S(=O)(=O)Nc2ccc(Cl)cc2)cc1. The van der Waals surface area contributed by atoms with Crippen LogP contribution in [0.3, 0.4) is 0 Å². The largest absolute Gasteiger partial charge is 0.484 e. The summed E-state index contributed by atoms with van der Waals surface area (Å²) in [5, 5.41) is 3.07. The molecule has 3 aromatic carbocycles. The number of anilines is 2. The maximum absolute atomic E-state index is 13.3. The zero-order valence-electron chi connectivity index (χ0n) is 15.9. The Kier molecular flexibility index (Phi) is 6.59. The van der Waals surface area contributed by atoms with E-state index < -0.39 is 21.7 Å². The predicted octanol–water partition coefficient (Wildman–Crippen LogP) is 4.61. The van der Waals surface area contributed by atoms with E-state index in [4.69, 9.17) is 16.3 Å². The van der Waals surface area contributed by atoms with Crippen molar-refractivity contribution >= 4 is 38.9 Å². The Labute approximate surface area is 178 Å². The van der Waals surface area contributed by atoms with E-state index in [9.17, 15) is 17.6 Å². The average molecular weight is 449 g/mol. The van der Waals surface area contributed by atoms with E-state index in [-0.39, 0.29) is 11.5 Å². The van der Waals surface area contributed by atoms with Crippen LogP contribution in [0.5, 0.6) is 5.75 Å². The van der Waals surface area contributed by atoms with Gasteiger partial charge in [-0.1, -0.05) is 17.7 Å². The van der Waals surface area contributed by atoms with Gasteiger partial charge in [0.05, 0.1) is 4.90 Å². The molecule has 0 aliphatic heterocycles. The number of ether oxygens (including phenoxy) is 1. The van der Waals surface area contributed by atoms with Crippen molar-refractivity contribution in [2.75, 3.05) is 16.6 Å². The molecule has 0 aromatic heterocycles. The summed E-state index contributed by atoms with van der Waals surface area (Å²) in [6.45, 7) is 1.43. The molecule has 0 heterocycles. The molecule has 3 rings (SSSR count). The zero-order valence-corrected chi connectivity index (χ0v) is 17.4. The molecule has 0 saturated heterocycles. The average Bonchev–Trinajstić information content (AvgIpc) is 2.71. The minimum atomic E-state index is -3.79. The molecule has 0 unspecified atom stereocenters. The minimum absolute atomic E-state index is 0.0321. The van der Waals surface area contributed by atoms with Gasteiger partial charge in [-0.05, 0) is 73.2 Å². The topological polar surface area (TPSA) is 84.5 Å². The third-order valence-corrected chi connectivity index (χ3v) is 5.72. The number of sulfonamides is 1. The van der Waals surface area contributed by atoms with Crippen molar-refractivity contribution in [3.05, 3.63) is 83.1 Å². The van der Waals surface area contributed by atoms with E-state index in [0.717, 1.165) is 0 Å².